The lowest BCUT2D eigenvalue weighted by Crippen LogP contribution is -2.18. The maximum atomic E-state index is 12.1. The molecule has 66 valence electrons. The first-order valence-corrected chi connectivity index (χ1v) is 3.84. The van der Waals surface area contributed by atoms with E-state index in [1.165, 1.54) is 0 Å². The molecule has 4 heteroatoms. The number of hydrogen-bond acceptors (Lipinski definition) is 3. The van der Waals surface area contributed by atoms with Gasteiger partial charge >= 0.3 is 0 Å². The molecule has 1 rings (SSSR count). The lowest BCUT2D eigenvalue weighted by molar-refractivity contribution is 0.459. The zero-order valence-corrected chi connectivity index (χ0v) is 7.21. The average Bonchev–Trinajstić information content (AvgIpc) is 2.04. The third-order valence-electron chi connectivity index (χ3n) is 1.40. The number of nitrogens with one attached hydrogen (secondary N) is 1. The van der Waals surface area contributed by atoms with E-state index in [1.807, 2.05) is 0 Å². The van der Waals surface area contributed by atoms with Gasteiger partial charge in [-0.2, -0.15) is 0 Å². The second-order valence-electron chi connectivity index (χ2n) is 2.69. The second kappa shape index (κ2) is 3.99. The Balaban J connectivity index is 2.63. The van der Waals surface area contributed by atoms with Crippen LogP contribution in [0.5, 0.6) is 0 Å². The number of hydrogen-bond donors (Lipinski definition) is 1. The van der Waals surface area contributed by atoms with Crippen molar-refractivity contribution in [2.75, 3.05) is 12.0 Å². The normalized spacial score (nSPS) is 12.6. The Kier molecular flexibility index (Phi) is 2.96. The first-order valence-electron chi connectivity index (χ1n) is 3.84. The molecule has 0 spiro atoms. The molecule has 0 bridgehead atoms. The van der Waals surface area contributed by atoms with E-state index < -0.39 is 6.67 Å². The topological polar surface area (TPSA) is 37.8 Å². The molecule has 0 radical (unpaired) electrons. The van der Waals surface area contributed by atoms with Crippen LogP contribution in [-0.2, 0) is 0 Å². The Bertz CT molecular complexity index is 252. The Labute approximate surface area is 71.0 Å². The summed E-state index contributed by atoms with van der Waals surface area (Å²) in [6.07, 6.45) is 1.65. The van der Waals surface area contributed by atoms with Crippen LogP contribution in [0.25, 0.3) is 0 Å². The second-order valence-corrected chi connectivity index (χ2v) is 2.69. The summed E-state index contributed by atoms with van der Waals surface area (Å²) in [6.45, 7) is 3.16. The van der Waals surface area contributed by atoms with Gasteiger partial charge in [0.2, 0.25) is 0 Å². The molecule has 0 fully saturated rings. The fourth-order valence-electron chi connectivity index (χ4n) is 0.828. The van der Waals surface area contributed by atoms with Gasteiger partial charge in [-0.05, 0) is 19.9 Å². The Morgan fingerprint density at radius 1 is 1.67 bits per heavy atom. The number of aryl methyl sites for hydroxylation is 1. The van der Waals surface area contributed by atoms with E-state index in [-0.39, 0.29) is 6.04 Å². The van der Waals surface area contributed by atoms with Crippen LogP contribution in [-0.4, -0.2) is 22.7 Å². The van der Waals surface area contributed by atoms with E-state index in [0.29, 0.717) is 11.6 Å². The van der Waals surface area contributed by atoms with Crippen molar-refractivity contribution in [3.8, 4) is 0 Å². The lowest BCUT2D eigenvalue weighted by Gasteiger charge is -2.09. The smallest absolute Gasteiger partial charge is 0.129 e. The summed E-state index contributed by atoms with van der Waals surface area (Å²) in [4.78, 5) is 8.00. The van der Waals surface area contributed by atoms with Gasteiger partial charge in [0.05, 0.1) is 6.04 Å². The van der Waals surface area contributed by atoms with Crippen LogP contribution in [0.1, 0.15) is 12.7 Å². The number of aromatic nitrogens is 2. The van der Waals surface area contributed by atoms with Crippen molar-refractivity contribution in [2.45, 2.75) is 19.9 Å². The van der Waals surface area contributed by atoms with E-state index in [1.54, 1.807) is 26.1 Å². The fourth-order valence-corrected chi connectivity index (χ4v) is 0.828. The van der Waals surface area contributed by atoms with Gasteiger partial charge in [0.1, 0.15) is 18.3 Å². The SMILES string of the molecule is Cc1nccc(NC(C)CF)n1. The molecule has 1 aromatic rings. The van der Waals surface area contributed by atoms with Crippen molar-refractivity contribution in [1.29, 1.82) is 0 Å². The minimum atomic E-state index is -0.400. The van der Waals surface area contributed by atoms with Crippen LogP contribution in [0.3, 0.4) is 0 Å². The summed E-state index contributed by atoms with van der Waals surface area (Å²) in [5, 5.41) is 2.91. The van der Waals surface area contributed by atoms with Crippen molar-refractivity contribution < 1.29 is 4.39 Å². The molecule has 0 amide bonds. The molecule has 0 aliphatic carbocycles. The van der Waals surface area contributed by atoms with Crippen molar-refractivity contribution in [3.05, 3.63) is 18.1 Å². The molecule has 0 aliphatic rings. The third kappa shape index (κ3) is 2.45. The van der Waals surface area contributed by atoms with E-state index >= 15 is 0 Å². The highest BCUT2D eigenvalue weighted by Gasteiger charge is 2.00. The van der Waals surface area contributed by atoms with Gasteiger partial charge in [-0.3, -0.25) is 0 Å². The summed E-state index contributed by atoms with van der Waals surface area (Å²) in [7, 11) is 0. The van der Waals surface area contributed by atoms with Gasteiger partial charge in [-0.25, -0.2) is 14.4 Å². The molecule has 12 heavy (non-hydrogen) atoms. The first kappa shape index (κ1) is 8.90. The zero-order valence-electron chi connectivity index (χ0n) is 7.21. The predicted octanol–water partition coefficient (Wildman–Crippen LogP) is 1.55. The van der Waals surface area contributed by atoms with Gasteiger partial charge in [0.15, 0.2) is 0 Å². The Morgan fingerprint density at radius 3 is 3.00 bits per heavy atom. The van der Waals surface area contributed by atoms with Gasteiger partial charge in [0.25, 0.3) is 0 Å². The molecule has 3 nitrogen and oxygen atoms in total. The first-order chi connectivity index (χ1) is 5.72. The molecular formula is C8H12FN3. The van der Waals surface area contributed by atoms with Crippen LogP contribution in [0.2, 0.25) is 0 Å². The van der Waals surface area contributed by atoms with Crippen molar-refractivity contribution in [1.82, 2.24) is 9.97 Å². The molecule has 1 unspecified atom stereocenters. The van der Waals surface area contributed by atoms with Crippen LogP contribution in [0.4, 0.5) is 10.2 Å². The van der Waals surface area contributed by atoms with E-state index in [9.17, 15) is 4.39 Å². The molecule has 1 heterocycles. The highest BCUT2D eigenvalue weighted by Crippen LogP contribution is 2.03. The number of halogens is 1. The fraction of sp³-hybridized carbons (Fsp3) is 0.500. The molecule has 1 N–H and O–H groups in total. The number of nitrogens with zero attached hydrogens (tertiary/aromatic N) is 2. The minimum Gasteiger partial charge on any atom is -0.365 e. The zero-order chi connectivity index (χ0) is 8.97. The van der Waals surface area contributed by atoms with Crippen molar-refractivity contribution >= 4 is 5.82 Å². The maximum Gasteiger partial charge on any atom is 0.129 e. The van der Waals surface area contributed by atoms with Gasteiger partial charge in [-0.15, -0.1) is 0 Å². The number of rotatable bonds is 3. The molecular weight excluding hydrogens is 157 g/mol. The molecule has 1 aromatic heterocycles. The predicted molar refractivity (Wildman–Crippen MR) is 45.8 cm³/mol. The maximum absolute atomic E-state index is 12.1. The van der Waals surface area contributed by atoms with Gasteiger partial charge in [0, 0.05) is 6.20 Å². The molecule has 0 aromatic carbocycles. The van der Waals surface area contributed by atoms with Crippen LogP contribution in [0, 0.1) is 6.92 Å². The Morgan fingerprint density at radius 2 is 2.42 bits per heavy atom. The highest BCUT2D eigenvalue weighted by atomic mass is 19.1. The Hall–Kier alpha value is -1.19. The molecule has 0 saturated heterocycles. The van der Waals surface area contributed by atoms with Crippen LogP contribution < -0.4 is 5.32 Å². The lowest BCUT2D eigenvalue weighted by atomic mass is 10.4. The quantitative estimate of drug-likeness (QED) is 0.746. The summed E-state index contributed by atoms with van der Waals surface area (Å²) in [5.74, 6) is 1.36. The third-order valence-corrected chi connectivity index (χ3v) is 1.40. The highest BCUT2D eigenvalue weighted by molar-refractivity contribution is 5.33. The van der Waals surface area contributed by atoms with E-state index in [0.717, 1.165) is 0 Å². The van der Waals surface area contributed by atoms with E-state index in [2.05, 4.69) is 15.3 Å². The molecule has 0 aliphatic heterocycles. The summed E-state index contributed by atoms with van der Waals surface area (Å²) in [6, 6.07) is 1.53. The van der Waals surface area contributed by atoms with E-state index in [4.69, 9.17) is 0 Å². The monoisotopic (exact) mass is 169 g/mol. The van der Waals surface area contributed by atoms with Crippen molar-refractivity contribution in [2.24, 2.45) is 0 Å². The molecule has 1 atom stereocenters. The standard InChI is InChI=1S/C8H12FN3/c1-6(5-9)11-8-3-4-10-7(2)12-8/h3-4,6H,5H2,1-2H3,(H,10,11,12). The summed E-state index contributed by atoms with van der Waals surface area (Å²) >= 11 is 0. The van der Waals surface area contributed by atoms with Crippen LogP contribution >= 0.6 is 0 Å². The van der Waals surface area contributed by atoms with Crippen LogP contribution in [0.15, 0.2) is 12.3 Å². The van der Waals surface area contributed by atoms with Gasteiger partial charge in [-0.1, -0.05) is 0 Å². The number of anilines is 1. The molecule has 0 saturated carbocycles. The summed E-state index contributed by atoms with van der Waals surface area (Å²) < 4.78 is 12.1. The van der Waals surface area contributed by atoms with Crippen molar-refractivity contribution in [3.63, 3.8) is 0 Å². The largest absolute Gasteiger partial charge is 0.365 e. The van der Waals surface area contributed by atoms with Gasteiger partial charge < -0.3 is 5.32 Å². The summed E-state index contributed by atoms with van der Waals surface area (Å²) in [5.41, 5.74) is 0. The average molecular weight is 169 g/mol. The minimum absolute atomic E-state index is 0.195. The number of alkyl halides is 1.